The zero-order valence-corrected chi connectivity index (χ0v) is 14.9. The molecule has 0 N–H and O–H groups in total. The van der Waals surface area contributed by atoms with Gasteiger partial charge in [-0.1, -0.05) is 84.0 Å². The lowest BCUT2D eigenvalue weighted by atomic mass is 10.0. The molecule has 1 aliphatic rings. The SMILES string of the molecule is CCCCCCCCCCCCCCC1(C(=O)OC)CS1. The Balaban J connectivity index is 1.80. The van der Waals surface area contributed by atoms with Crippen molar-refractivity contribution >= 4 is 17.7 Å². The lowest BCUT2D eigenvalue weighted by molar-refractivity contribution is -0.142. The van der Waals surface area contributed by atoms with Crippen molar-refractivity contribution in [3.63, 3.8) is 0 Å². The van der Waals surface area contributed by atoms with Crippen molar-refractivity contribution in [2.24, 2.45) is 0 Å². The van der Waals surface area contributed by atoms with Crippen LogP contribution in [0.4, 0.5) is 0 Å². The maximum absolute atomic E-state index is 11.6. The molecule has 124 valence electrons. The van der Waals surface area contributed by atoms with Crippen molar-refractivity contribution in [2.75, 3.05) is 12.9 Å². The standard InChI is InChI=1S/C18H34O2S/c1-3-4-5-6-7-8-9-10-11-12-13-14-15-18(16-21-18)17(19)20-2/h3-16H2,1-2H3. The van der Waals surface area contributed by atoms with Crippen LogP contribution in [-0.2, 0) is 9.53 Å². The van der Waals surface area contributed by atoms with Gasteiger partial charge in [-0.25, -0.2) is 0 Å². The van der Waals surface area contributed by atoms with E-state index in [9.17, 15) is 4.79 Å². The number of carbonyl (C=O) groups excluding carboxylic acids is 1. The number of hydrogen-bond acceptors (Lipinski definition) is 3. The van der Waals surface area contributed by atoms with Crippen LogP contribution >= 0.6 is 11.8 Å². The van der Waals surface area contributed by atoms with Crippen molar-refractivity contribution in [1.29, 1.82) is 0 Å². The molecule has 0 saturated carbocycles. The normalized spacial score (nSPS) is 20.5. The van der Waals surface area contributed by atoms with Crippen molar-refractivity contribution in [2.45, 2.75) is 95.1 Å². The Bertz CT molecular complexity index is 274. The van der Waals surface area contributed by atoms with Gasteiger partial charge in [-0.2, -0.15) is 0 Å². The molecular formula is C18H34O2S. The van der Waals surface area contributed by atoms with E-state index in [1.54, 1.807) is 11.8 Å². The van der Waals surface area contributed by atoms with Crippen LogP contribution in [0, 0.1) is 0 Å². The summed E-state index contributed by atoms with van der Waals surface area (Å²) >= 11 is 1.76. The van der Waals surface area contributed by atoms with Crippen LogP contribution in [0.2, 0.25) is 0 Å². The molecule has 0 aromatic carbocycles. The van der Waals surface area contributed by atoms with Crippen LogP contribution in [0.1, 0.15) is 90.4 Å². The highest BCUT2D eigenvalue weighted by molar-refractivity contribution is 8.08. The highest BCUT2D eigenvalue weighted by Gasteiger charge is 2.51. The van der Waals surface area contributed by atoms with Gasteiger partial charge in [-0.05, 0) is 6.42 Å². The number of esters is 1. The minimum atomic E-state index is -0.146. The summed E-state index contributed by atoms with van der Waals surface area (Å²) in [5.74, 6) is 0.966. The molecule has 2 nitrogen and oxygen atoms in total. The largest absolute Gasteiger partial charge is 0.468 e. The van der Waals surface area contributed by atoms with E-state index >= 15 is 0 Å². The number of methoxy groups -OCH3 is 1. The summed E-state index contributed by atoms with van der Waals surface area (Å²) in [5, 5.41) is 0. The molecule has 0 radical (unpaired) electrons. The maximum Gasteiger partial charge on any atom is 0.322 e. The Morgan fingerprint density at radius 1 is 0.905 bits per heavy atom. The first-order chi connectivity index (χ1) is 10.2. The van der Waals surface area contributed by atoms with Gasteiger partial charge in [0.05, 0.1) is 7.11 Å². The third kappa shape index (κ3) is 8.13. The summed E-state index contributed by atoms with van der Waals surface area (Å²) in [6.07, 6.45) is 17.4. The average Bonchev–Trinajstić information content (AvgIpc) is 3.28. The summed E-state index contributed by atoms with van der Waals surface area (Å²) in [6, 6.07) is 0. The smallest absolute Gasteiger partial charge is 0.322 e. The molecule has 21 heavy (non-hydrogen) atoms. The number of hydrogen-bond donors (Lipinski definition) is 0. The third-order valence-electron chi connectivity index (χ3n) is 4.48. The van der Waals surface area contributed by atoms with Crippen molar-refractivity contribution in [3.05, 3.63) is 0 Å². The monoisotopic (exact) mass is 314 g/mol. The predicted octanol–water partition coefficient (Wildman–Crippen LogP) is 5.74. The molecule has 0 spiro atoms. The number of ether oxygens (including phenoxy) is 1. The second-order valence-electron chi connectivity index (χ2n) is 6.41. The molecule has 1 unspecified atom stereocenters. The van der Waals surface area contributed by atoms with Crippen LogP contribution in [-0.4, -0.2) is 23.6 Å². The highest BCUT2D eigenvalue weighted by Crippen LogP contribution is 2.49. The fourth-order valence-electron chi connectivity index (χ4n) is 2.89. The molecule has 3 heteroatoms. The second-order valence-corrected chi connectivity index (χ2v) is 7.77. The molecular weight excluding hydrogens is 280 g/mol. The zero-order chi connectivity index (χ0) is 15.4. The van der Waals surface area contributed by atoms with Gasteiger partial charge in [0, 0.05) is 5.75 Å². The molecule has 1 aliphatic heterocycles. The summed E-state index contributed by atoms with van der Waals surface area (Å²) in [4.78, 5) is 11.6. The van der Waals surface area contributed by atoms with Crippen LogP contribution in [0.25, 0.3) is 0 Å². The van der Waals surface area contributed by atoms with Crippen molar-refractivity contribution < 1.29 is 9.53 Å². The molecule has 0 aromatic rings. The van der Waals surface area contributed by atoms with Gasteiger partial charge in [0.2, 0.25) is 0 Å². The molecule has 1 fully saturated rings. The van der Waals surface area contributed by atoms with E-state index in [1.807, 2.05) is 0 Å². The van der Waals surface area contributed by atoms with Gasteiger partial charge in [0.1, 0.15) is 4.75 Å². The molecule has 0 bridgehead atoms. The molecule has 1 saturated heterocycles. The minimum absolute atomic E-state index is 0.00410. The first-order valence-corrected chi connectivity index (χ1v) is 9.96. The number of unbranched alkanes of at least 4 members (excludes halogenated alkanes) is 11. The average molecular weight is 315 g/mol. The van der Waals surface area contributed by atoms with Crippen LogP contribution in [0.3, 0.4) is 0 Å². The Labute approximate surface area is 135 Å². The van der Waals surface area contributed by atoms with Gasteiger partial charge in [0.25, 0.3) is 0 Å². The molecule has 1 rings (SSSR count). The van der Waals surface area contributed by atoms with Crippen molar-refractivity contribution in [3.8, 4) is 0 Å². The van der Waals surface area contributed by atoms with Crippen LogP contribution in [0.5, 0.6) is 0 Å². The second kappa shape index (κ2) is 11.4. The third-order valence-corrected chi connectivity index (χ3v) is 5.84. The molecule has 1 atom stereocenters. The van der Waals surface area contributed by atoms with Crippen molar-refractivity contribution in [1.82, 2.24) is 0 Å². The van der Waals surface area contributed by atoms with Gasteiger partial charge in [-0.3, -0.25) is 4.79 Å². The van der Waals surface area contributed by atoms with E-state index in [4.69, 9.17) is 4.74 Å². The lowest BCUT2D eigenvalue weighted by Gasteiger charge is -2.10. The number of thioether (sulfide) groups is 1. The number of rotatable bonds is 14. The quantitative estimate of drug-likeness (QED) is 0.232. The first kappa shape index (κ1) is 18.9. The van der Waals surface area contributed by atoms with Crippen LogP contribution < -0.4 is 0 Å². The fourth-order valence-corrected chi connectivity index (χ4v) is 3.82. The molecule has 0 aromatic heterocycles. The Morgan fingerprint density at radius 3 is 1.71 bits per heavy atom. The molecule has 0 amide bonds. The highest BCUT2D eigenvalue weighted by atomic mass is 32.2. The zero-order valence-electron chi connectivity index (χ0n) is 14.1. The van der Waals surface area contributed by atoms with E-state index in [1.165, 1.54) is 84.2 Å². The predicted molar refractivity (Wildman–Crippen MR) is 92.9 cm³/mol. The van der Waals surface area contributed by atoms with E-state index in [-0.39, 0.29) is 10.7 Å². The molecule has 0 aliphatic carbocycles. The Morgan fingerprint density at radius 2 is 1.33 bits per heavy atom. The van der Waals surface area contributed by atoms with E-state index in [0.717, 1.165) is 12.2 Å². The van der Waals surface area contributed by atoms with E-state index in [0.29, 0.717) is 0 Å². The lowest BCUT2D eigenvalue weighted by Crippen LogP contribution is -2.24. The first-order valence-electron chi connectivity index (χ1n) is 8.97. The van der Waals surface area contributed by atoms with Gasteiger partial charge in [0.15, 0.2) is 0 Å². The Kier molecular flexibility index (Phi) is 10.2. The summed E-state index contributed by atoms with van der Waals surface area (Å²) in [5.41, 5.74) is 0. The van der Waals surface area contributed by atoms with E-state index < -0.39 is 0 Å². The van der Waals surface area contributed by atoms with Gasteiger partial charge in [-0.15, -0.1) is 11.8 Å². The summed E-state index contributed by atoms with van der Waals surface area (Å²) < 4.78 is 4.73. The Hall–Kier alpha value is -0.180. The van der Waals surface area contributed by atoms with Crippen LogP contribution in [0.15, 0.2) is 0 Å². The summed E-state index contributed by atoms with van der Waals surface area (Å²) in [7, 11) is 1.51. The summed E-state index contributed by atoms with van der Waals surface area (Å²) in [6.45, 7) is 2.27. The van der Waals surface area contributed by atoms with E-state index in [2.05, 4.69) is 6.92 Å². The maximum atomic E-state index is 11.6. The number of carbonyl (C=O) groups is 1. The van der Waals surface area contributed by atoms with Gasteiger partial charge >= 0.3 is 5.97 Å². The fraction of sp³-hybridized carbons (Fsp3) is 0.944. The topological polar surface area (TPSA) is 26.3 Å². The van der Waals surface area contributed by atoms with Gasteiger partial charge < -0.3 is 4.74 Å². The minimum Gasteiger partial charge on any atom is -0.468 e. The molecule has 1 heterocycles.